The fraction of sp³-hybridized carbons (Fsp3) is 0.474. The Labute approximate surface area is 158 Å². The molecule has 0 saturated carbocycles. The van der Waals surface area contributed by atoms with Gasteiger partial charge in [0.05, 0.1) is 24.5 Å². The van der Waals surface area contributed by atoms with Crippen LogP contribution in [0.2, 0.25) is 5.02 Å². The smallest absolute Gasteiger partial charge is 0.287 e. The topological polar surface area (TPSA) is 76.4 Å². The SMILES string of the molecule is CC(C)n1ncc(NCc2cccc(OCCCCCO)c2)c(Cl)c1=O. The summed E-state index contributed by atoms with van der Waals surface area (Å²) in [6.45, 7) is 5.12. The number of rotatable bonds is 10. The quantitative estimate of drug-likeness (QED) is 0.616. The molecular weight excluding hydrogens is 354 g/mol. The van der Waals surface area contributed by atoms with E-state index in [0.717, 1.165) is 30.6 Å². The van der Waals surface area contributed by atoms with Gasteiger partial charge in [0.2, 0.25) is 0 Å². The minimum atomic E-state index is -0.299. The van der Waals surface area contributed by atoms with Gasteiger partial charge in [0.15, 0.2) is 0 Å². The summed E-state index contributed by atoms with van der Waals surface area (Å²) >= 11 is 6.17. The van der Waals surface area contributed by atoms with Crippen LogP contribution in [0.3, 0.4) is 0 Å². The number of hydrogen-bond donors (Lipinski definition) is 2. The molecule has 1 aromatic heterocycles. The number of anilines is 1. The van der Waals surface area contributed by atoms with Gasteiger partial charge in [-0.25, -0.2) is 4.68 Å². The first-order valence-electron chi connectivity index (χ1n) is 8.86. The van der Waals surface area contributed by atoms with Crippen LogP contribution >= 0.6 is 11.6 Å². The van der Waals surface area contributed by atoms with Gasteiger partial charge in [-0.3, -0.25) is 4.79 Å². The van der Waals surface area contributed by atoms with Crippen molar-refractivity contribution in [2.75, 3.05) is 18.5 Å². The molecule has 142 valence electrons. The zero-order chi connectivity index (χ0) is 18.9. The summed E-state index contributed by atoms with van der Waals surface area (Å²) in [5.41, 5.74) is 1.23. The van der Waals surface area contributed by atoms with Gasteiger partial charge in [-0.15, -0.1) is 0 Å². The predicted octanol–water partition coefficient (Wildman–Crippen LogP) is 3.63. The summed E-state index contributed by atoms with van der Waals surface area (Å²) in [7, 11) is 0. The molecule has 6 nitrogen and oxygen atoms in total. The number of nitrogens with zero attached hydrogens (tertiary/aromatic N) is 2. The molecule has 0 aliphatic carbocycles. The maximum absolute atomic E-state index is 12.2. The lowest BCUT2D eigenvalue weighted by molar-refractivity contribution is 0.266. The highest BCUT2D eigenvalue weighted by atomic mass is 35.5. The monoisotopic (exact) mass is 379 g/mol. The van der Waals surface area contributed by atoms with Crippen molar-refractivity contribution in [3.63, 3.8) is 0 Å². The van der Waals surface area contributed by atoms with E-state index >= 15 is 0 Å². The van der Waals surface area contributed by atoms with Crippen LogP contribution in [-0.4, -0.2) is 28.1 Å². The number of benzene rings is 1. The zero-order valence-electron chi connectivity index (χ0n) is 15.2. The molecule has 1 heterocycles. The predicted molar refractivity (Wildman–Crippen MR) is 104 cm³/mol. The first-order chi connectivity index (χ1) is 12.5. The van der Waals surface area contributed by atoms with E-state index in [-0.39, 0.29) is 23.2 Å². The summed E-state index contributed by atoms with van der Waals surface area (Å²) < 4.78 is 7.09. The van der Waals surface area contributed by atoms with Gasteiger partial charge in [-0.1, -0.05) is 23.7 Å². The summed E-state index contributed by atoms with van der Waals surface area (Å²) in [4.78, 5) is 12.2. The molecule has 0 bridgehead atoms. The lowest BCUT2D eigenvalue weighted by Gasteiger charge is -2.13. The normalized spacial score (nSPS) is 11.0. The molecule has 0 fully saturated rings. The lowest BCUT2D eigenvalue weighted by atomic mass is 10.2. The van der Waals surface area contributed by atoms with Gasteiger partial charge < -0.3 is 15.2 Å². The highest BCUT2D eigenvalue weighted by Gasteiger charge is 2.11. The van der Waals surface area contributed by atoms with Gasteiger partial charge in [0.25, 0.3) is 5.56 Å². The minimum Gasteiger partial charge on any atom is -0.494 e. The van der Waals surface area contributed by atoms with E-state index in [2.05, 4.69) is 10.4 Å². The first kappa shape index (κ1) is 20.3. The van der Waals surface area contributed by atoms with E-state index in [1.54, 1.807) is 6.20 Å². The molecule has 7 heteroatoms. The largest absolute Gasteiger partial charge is 0.494 e. The number of aliphatic hydroxyl groups is 1. The van der Waals surface area contributed by atoms with Crippen molar-refractivity contribution in [3.8, 4) is 5.75 Å². The van der Waals surface area contributed by atoms with Crippen molar-refractivity contribution in [3.05, 3.63) is 51.4 Å². The second-order valence-corrected chi connectivity index (χ2v) is 6.73. The lowest BCUT2D eigenvalue weighted by Crippen LogP contribution is -2.25. The molecule has 0 saturated heterocycles. The Morgan fingerprint density at radius 2 is 2.12 bits per heavy atom. The molecule has 1 aromatic carbocycles. The zero-order valence-corrected chi connectivity index (χ0v) is 16.0. The van der Waals surface area contributed by atoms with Crippen LogP contribution in [0, 0.1) is 0 Å². The van der Waals surface area contributed by atoms with E-state index in [1.807, 2.05) is 38.1 Å². The van der Waals surface area contributed by atoms with E-state index in [9.17, 15) is 4.79 Å². The Kier molecular flexibility index (Phi) is 7.94. The average molecular weight is 380 g/mol. The molecule has 2 rings (SSSR count). The number of ether oxygens (including phenoxy) is 1. The highest BCUT2D eigenvalue weighted by molar-refractivity contribution is 6.32. The van der Waals surface area contributed by atoms with Crippen molar-refractivity contribution in [1.29, 1.82) is 0 Å². The van der Waals surface area contributed by atoms with Crippen LogP contribution in [0.4, 0.5) is 5.69 Å². The van der Waals surface area contributed by atoms with Gasteiger partial charge >= 0.3 is 0 Å². The van der Waals surface area contributed by atoms with Crippen molar-refractivity contribution >= 4 is 17.3 Å². The Balaban J connectivity index is 1.94. The number of aliphatic hydroxyl groups excluding tert-OH is 1. The van der Waals surface area contributed by atoms with Crippen molar-refractivity contribution < 1.29 is 9.84 Å². The Bertz CT molecular complexity index is 762. The maximum Gasteiger partial charge on any atom is 0.287 e. The average Bonchev–Trinajstić information content (AvgIpc) is 2.63. The highest BCUT2D eigenvalue weighted by Crippen LogP contribution is 2.19. The van der Waals surface area contributed by atoms with Crippen LogP contribution < -0.4 is 15.6 Å². The van der Waals surface area contributed by atoms with E-state index in [0.29, 0.717) is 18.8 Å². The van der Waals surface area contributed by atoms with Crippen molar-refractivity contribution in [1.82, 2.24) is 9.78 Å². The third-order valence-corrected chi connectivity index (χ3v) is 4.25. The third kappa shape index (κ3) is 5.75. The second-order valence-electron chi connectivity index (χ2n) is 6.35. The fourth-order valence-corrected chi connectivity index (χ4v) is 2.66. The van der Waals surface area contributed by atoms with Crippen LogP contribution in [0.5, 0.6) is 5.75 Å². The summed E-state index contributed by atoms with van der Waals surface area (Å²) in [6.07, 6.45) is 4.24. The molecule has 2 N–H and O–H groups in total. The number of nitrogens with one attached hydrogen (secondary N) is 1. The van der Waals surface area contributed by atoms with E-state index in [1.165, 1.54) is 4.68 Å². The molecule has 0 amide bonds. The van der Waals surface area contributed by atoms with Crippen molar-refractivity contribution in [2.24, 2.45) is 0 Å². The molecule has 0 spiro atoms. The fourth-order valence-electron chi connectivity index (χ4n) is 2.46. The Morgan fingerprint density at radius 3 is 2.85 bits per heavy atom. The maximum atomic E-state index is 12.2. The molecule has 0 unspecified atom stereocenters. The molecule has 0 aliphatic heterocycles. The van der Waals surface area contributed by atoms with Crippen LogP contribution in [0.15, 0.2) is 35.3 Å². The number of halogens is 1. The molecule has 26 heavy (non-hydrogen) atoms. The van der Waals surface area contributed by atoms with Gasteiger partial charge in [-0.2, -0.15) is 5.10 Å². The molecule has 0 atom stereocenters. The Morgan fingerprint density at radius 1 is 1.31 bits per heavy atom. The van der Waals surface area contributed by atoms with E-state index < -0.39 is 0 Å². The number of unbranched alkanes of at least 4 members (excludes halogenated alkanes) is 2. The molecule has 0 radical (unpaired) electrons. The molecule has 0 aliphatic rings. The molecular formula is C19H26ClN3O3. The van der Waals surface area contributed by atoms with Gasteiger partial charge in [0, 0.05) is 13.2 Å². The van der Waals surface area contributed by atoms with Crippen LogP contribution in [0.25, 0.3) is 0 Å². The third-order valence-electron chi connectivity index (χ3n) is 3.89. The first-order valence-corrected chi connectivity index (χ1v) is 9.24. The summed E-state index contributed by atoms with van der Waals surface area (Å²) in [5, 5.41) is 16.2. The van der Waals surface area contributed by atoms with E-state index in [4.69, 9.17) is 21.4 Å². The summed E-state index contributed by atoms with van der Waals surface area (Å²) in [5.74, 6) is 0.799. The molecule has 2 aromatic rings. The van der Waals surface area contributed by atoms with Gasteiger partial charge in [0.1, 0.15) is 10.8 Å². The van der Waals surface area contributed by atoms with Crippen LogP contribution in [0.1, 0.15) is 44.7 Å². The number of aromatic nitrogens is 2. The standard InChI is InChI=1S/C19H26ClN3O3/c1-14(2)23-19(25)18(20)17(13-22-23)21-12-15-7-6-8-16(11-15)26-10-5-3-4-9-24/h6-8,11,13-14,21,24H,3-5,9-10,12H2,1-2H3. The Hall–Kier alpha value is -2.05. The summed E-state index contributed by atoms with van der Waals surface area (Å²) in [6, 6.07) is 7.73. The van der Waals surface area contributed by atoms with Crippen LogP contribution in [-0.2, 0) is 6.54 Å². The second kappa shape index (κ2) is 10.2. The van der Waals surface area contributed by atoms with Gasteiger partial charge in [-0.05, 0) is 50.8 Å². The minimum absolute atomic E-state index is 0.0414. The number of hydrogen-bond acceptors (Lipinski definition) is 5. The van der Waals surface area contributed by atoms with Crippen molar-refractivity contribution in [2.45, 2.75) is 45.7 Å².